The molecule has 0 fully saturated rings. The number of para-hydroxylation sites is 2. The van der Waals surface area contributed by atoms with Crippen LogP contribution in [0, 0.1) is 0 Å². The number of aromatic nitrogens is 1. The number of benzene rings is 8. The molecule has 3 aromatic heterocycles. The Kier molecular flexibility index (Phi) is 7.09. The van der Waals surface area contributed by atoms with Crippen molar-refractivity contribution in [2.75, 3.05) is 0 Å². The highest BCUT2D eigenvalue weighted by Crippen LogP contribution is 2.46. The van der Waals surface area contributed by atoms with Crippen LogP contribution in [0.25, 0.3) is 80.7 Å². The van der Waals surface area contributed by atoms with Crippen LogP contribution in [-0.2, 0) is 0 Å². The van der Waals surface area contributed by atoms with Gasteiger partial charge in [0.2, 0.25) is 0 Å². The lowest BCUT2D eigenvalue weighted by Gasteiger charge is -2.24. The van der Waals surface area contributed by atoms with Gasteiger partial charge in [-0.2, -0.15) is 0 Å². The summed E-state index contributed by atoms with van der Waals surface area (Å²) in [5.41, 5.74) is 10.6. The molecular weight excluding hydrogens is 717 g/mol. The highest BCUT2D eigenvalue weighted by atomic mass is 32.1. The van der Waals surface area contributed by atoms with E-state index in [1.165, 1.54) is 25.7 Å². The van der Waals surface area contributed by atoms with Crippen molar-refractivity contribution in [3.05, 3.63) is 199 Å². The number of nitrogens with one attached hydrogen (secondary N) is 1. The standard InChI is InChI=1S/C51H32N4OS/c1-3-15-31(16-4-1)49-52-50(32-17-5-2-6-18-32)54-51(53-49)38-23-13-25-42-46(38)36-20-7-10-24-41(36)55(42)33-29-39-34-19-9-12-28-45(34)57-48(39)40(30-33)35-22-14-27-44-47(35)37-21-8-11-26-43(37)56-44/h1-30,49H,(H,52,53,54). The Bertz CT molecular complexity index is 3450. The first-order valence-electron chi connectivity index (χ1n) is 19.2. The van der Waals surface area contributed by atoms with Gasteiger partial charge < -0.3 is 14.3 Å². The van der Waals surface area contributed by atoms with Crippen LogP contribution in [0.2, 0.25) is 0 Å². The number of rotatable bonds is 5. The van der Waals surface area contributed by atoms with Gasteiger partial charge in [-0.3, -0.25) is 0 Å². The second-order valence-electron chi connectivity index (χ2n) is 14.5. The molecule has 0 bridgehead atoms. The minimum absolute atomic E-state index is 0.295. The summed E-state index contributed by atoms with van der Waals surface area (Å²) >= 11 is 1.86. The molecule has 4 heterocycles. The zero-order valence-electron chi connectivity index (χ0n) is 30.6. The van der Waals surface area contributed by atoms with E-state index in [4.69, 9.17) is 14.4 Å². The third kappa shape index (κ3) is 5.01. The Labute approximate surface area is 331 Å². The molecule has 1 atom stereocenters. The van der Waals surface area contributed by atoms with Crippen molar-refractivity contribution in [2.24, 2.45) is 9.98 Å². The first-order chi connectivity index (χ1) is 28.3. The van der Waals surface area contributed by atoms with Crippen molar-refractivity contribution >= 4 is 86.9 Å². The van der Waals surface area contributed by atoms with Crippen LogP contribution in [0.3, 0.4) is 0 Å². The molecule has 5 nitrogen and oxygen atoms in total. The average Bonchev–Trinajstić information content (AvgIpc) is 3.96. The normalized spacial score (nSPS) is 14.5. The molecule has 8 aromatic carbocycles. The molecule has 0 radical (unpaired) electrons. The highest BCUT2D eigenvalue weighted by molar-refractivity contribution is 7.26. The lowest BCUT2D eigenvalue weighted by Crippen LogP contribution is -2.33. The number of thiophene rings is 1. The Morgan fingerprint density at radius 3 is 2.09 bits per heavy atom. The first-order valence-corrected chi connectivity index (χ1v) is 20.0. The van der Waals surface area contributed by atoms with Gasteiger partial charge in [0.25, 0.3) is 0 Å². The summed E-state index contributed by atoms with van der Waals surface area (Å²) in [6.45, 7) is 0. The predicted molar refractivity (Wildman–Crippen MR) is 238 cm³/mol. The molecule has 1 aliphatic rings. The molecule has 0 spiro atoms. The van der Waals surface area contributed by atoms with Crippen molar-refractivity contribution in [3.63, 3.8) is 0 Å². The second-order valence-corrected chi connectivity index (χ2v) is 15.6. The van der Waals surface area contributed by atoms with Crippen molar-refractivity contribution in [2.45, 2.75) is 6.17 Å². The lowest BCUT2D eigenvalue weighted by molar-refractivity contribution is 0.669. The molecule has 0 saturated heterocycles. The number of hydrogen-bond donors (Lipinski definition) is 1. The maximum atomic E-state index is 6.42. The highest BCUT2D eigenvalue weighted by Gasteiger charge is 2.25. The van der Waals surface area contributed by atoms with Gasteiger partial charge in [-0.1, -0.05) is 140 Å². The van der Waals surface area contributed by atoms with E-state index in [9.17, 15) is 0 Å². The zero-order chi connectivity index (χ0) is 37.5. The number of nitrogens with zero attached hydrogens (tertiary/aromatic N) is 3. The van der Waals surface area contributed by atoms with Gasteiger partial charge in [-0.25, -0.2) is 9.98 Å². The van der Waals surface area contributed by atoms with Crippen LogP contribution < -0.4 is 5.32 Å². The fraction of sp³-hybridized carbons (Fsp3) is 0.0196. The van der Waals surface area contributed by atoms with Gasteiger partial charge in [0.15, 0.2) is 5.84 Å². The molecule has 0 amide bonds. The molecule has 0 aliphatic carbocycles. The van der Waals surface area contributed by atoms with E-state index in [1.54, 1.807) is 0 Å². The number of amidine groups is 2. The van der Waals surface area contributed by atoms with Crippen molar-refractivity contribution in [1.29, 1.82) is 0 Å². The number of hydrogen-bond acceptors (Lipinski definition) is 5. The summed E-state index contributed by atoms with van der Waals surface area (Å²) < 4.78 is 11.4. The Hall–Kier alpha value is -7.28. The maximum absolute atomic E-state index is 6.42. The van der Waals surface area contributed by atoms with E-state index in [0.717, 1.165) is 77.5 Å². The monoisotopic (exact) mass is 748 g/mol. The molecule has 0 saturated carbocycles. The van der Waals surface area contributed by atoms with Gasteiger partial charge in [0.05, 0.1) is 11.0 Å². The molecule has 1 N–H and O–H groups in total. The molecule has 12 rings (SSSR count). The van der Waals surface area contributed by atoms with E-state index >= 15 is 0 Å². The smallest absolute Gasteiger partial charge is 0.159 e. The van der Waals surface area contributed by atoms with Crippen molar-refractivity contribution in [1.82, 2.24) is 9.88 Å². The molecule has 6 heteroatoms. The Morgan fingerprint density at radius 2 is 1.21 bits per heavy atom. The third-order valence-corrected chi connectivity index (χ3v) is 12.5. The summed E-state index contributed by atoms with van der Waals surface area (Å²) in [7, 11) is 0. The summed E-state index contributed by atoms with van der Waals surface area (Å²) in [5, 5.41) is 10.8. The minimum Gasteiger partial charge on any atom is -0.456 e. The molecular formula is C51H32N4OS. The van der Waals surface area contributed by atoms with Crippen LogP contribution in [0.4, 0.5) is 0 Å². The van der Waals surface area contributed by atoms with Crippen LogP contribution >= 0.6 is 11.3 Å². The summed E-state index contributed by atoms with van der Waals surface area (Å²) in [4.78, 5) is 10.4. The second kappa shape index (κ2) is 12.6. The van der Waals surface area contributed by atoms with Gasteiger partial charge in [0.1, 0.15) is 23.2 Å². The quantitative estimate of drug-likeness (QED) is 0.191. The SMILES string of the molecule is c1ccc(C2=NC(c3ccccc3)NC(c3cccc4c3c3ccccc3n4-c3cc(-c4cccc5oc6ccccc6c45)c4sc5ccccc5c4c3)=N2)cc1. The van der Waals surface area contributed by atoms with E-state index in [0.29, 0.717) is 5.84 Å². The summed E-state index contributed by atoms with van der Waals surface area (Å²) in [6, 6.07) is 64.3. The van der Waals surface area contributed by atoms with Crippen LogP contribution in [0.15, 0.2) is 196 Å². The number of aliphatic imine (C=N–C) groups is 2. The van der Waals surface area contributed by atoms with Crippen LogP contribution in [0.5, 0.6) is 0 Å². The molecule has 1 aliphatic heterocycles. The van der Waals surface area contributed by atoms with Gasteiger partial charge in [-0.05, 0) is 53.6 Å². The van der Waals surface area contributed by atoms with E-state index in [2.05, 4.69) is 162 Å². The third-order valence-electron chi connectivity index (χ3n) is 11.3. The zero-order valence-corrected chi connectivity index (χ0v) is 31.4. The number of fused-ring (bicyclic) bond motifs is 9. The Morgan fingerprint density at radius 1 is 0.526 bits per heavy atom. The molecule has 11 aromatic rings. The number of furan rings is 1. The molecule has 57 heavy (non-hydrogen) atoms. The van der Waals surface area contributed by atoms with E-state index in [-0.39, 0.29) is 6.17 Å². The first kappa shape index (κ1) is 32.0. The van der Waals surface area contributed by atoms with Gasteiger partial charge >= 0.3 is 0 Å². The van der Waals surface area contributed by atoms with Crippen molar-refractivity contribution < 1.29 is 4.42 Å². The lowest BCUT2D eigenvalue weighted by atomic mass is 9.97. The average molecular weight is 749 g/mol. The predicted octanol–water partition coefficient (Wildman–Crippen LogP) is 13.2. The van der Waals surface area contributed by atoms with E-state index < -0.39 is 0 Å². The van der Waals surface area contributed by atoms with Gasteiger partial charge in [-0.15, -0.1) is 11.3 Å². The summed E-state index contributed by atoms with van der Waals surface area (Å²) in [6.07, 6.45) is -0.295. The van der Waals surface area contributed by atoms with Gasteiger partial charge in [0, 0.05) is 64.1 Å². The minimum atomic E-state index is -0.295. The van der Waals surface area contributed by atoms with Crippen LogP contribution in [0.1, 0.15) is 22.9 Å². The molecule has 268 valence electrons. The largest absolute Gasteiger partial charge is 0.456 e. The maximum Gasteiger partial charge on any atom is 0.159 e. The van der Waals surface area contributed by atoms with Crippen molar-refractivity contribution in [3.8, 4) is 16.8 Å². The van der Waals surface area contributed by atoms with Crippen LogP contribution in [-0.4, -0.2) is 16.2 Å². The molecule has 1 unspecified atom stereocenters. The summed E-state index contributed by atoms with van der Waals surface area (Å²) in [5.74, 6) is 1.50. The fourth-order valence-corrected chi connectivity index (χ4v) is 9.96. The topological polar surface area (TPSA) is 54.8 Å². The Balaban J connectivity index is 1.13. The van der Waals surface area contributed by atoms with E-state index in [1.807, 2.05) is 41.7 Å². The fourth-order valence-electron chi connectivity index (χ4n) is 8.74.